The zero-order valence-electron chi connectivity index (χ0n) is 20.5. The van der Waals surface area contributed by atoms with E-state index in [1.165, 1.54) is 0 Å². The van der Waals surface area contributed by atoms with Crippen LogP contribution in [0.2, 0.25) is 0 Å². The van der Waals surface area contributed by atoms with Crippen molar-refractivity contribution in [1.82, 2.24) is 4.98 Å². The summed E-state index contributed by atoms with van der Waals surface area (Å²) in [6.45, 7) is 1.91. The Kier molecular flexibility index (Phi) is 6.95. The monoisotopic (exact) mass is 481 g/mol. The van der Waals surface area contributed by atoms with Crippen LogP contribution in [-0.2, 0) is 0 Å². The fourth-order valence-corrected chi connectivity index (χ4v) is 4.34. The van der Waals surface area contributed by atoms with Gasteiger partial charge in [-0.1, -0.05) is 109 Å². The van der Waals surface area contributed by atoms with Crippen molar-refractivity contribution in [3.8, 4) is 44.9 Å². The highest BCUT2D eigenvalue weighted by atomic mass is 16.3. The minimum atomic E-state index is 0.246. The number of fused-ring (bicyclic) bond motifs is 1. The molecule has 0 aliphatic heterocycles. The molecule has 0 bridgehead atoms. The van der Waals surface area contributed by atoms with Gasteiger partial charge in [0.2, 0.25) is 0 Å². The lowest BCUT2D eigenvalue weighted by Crippen LogP contribution is -1.88. The van der Waals surface area contributed by atoms with Gasteiger partial charge in [-0.25, -0.2) is 4.98 Å². The quantitative estimate of drug-likeness (QED) is 0.266. The maximum absolute atomic E-state index is 11.0. The van der Waals surface area contributed by atoms with Gasteiger partial charge in [-0.2, -0.15) is 0 Å². The van der Waals surface area contributed by atoms with E-state index in [0.29, 0.717) is 11.3 Å². The Labute approximate surface area is 217 Å². The van der Waals surface area contributed by atoms with E-state index in [9.17, 15) is 10.2 Å². The van der Waals surface area contributed by atoms with Crippen LogP contribution < -0.4 is 0 Å². The highest BCUT2D eigenvalue weighted by Gasteiger charge is 2.14. The van der Waals surface area contributed by atoms with E-state index in [4.69, 9.17) is 0 Å². The van der Waals surface area contributed by atoms with Crippen LogP contribution in [0.25, 0.3) is 44.3 Å². The Balaban J connectivity index is 0.000000195. The van der Waals surface area contributed by atoms with Gasteiger partial charge in [-0.05, 0) is 53.4 Å². The lowest BCUT2D eigenvalue weighted by atomic mass is 9.92. The summed E-state index contributed by atoms with van der Waals surface area (Å²) in [6.07, 6.45) is 0. The van der Waals surface area contributed by atoms with Crippen molar-refractivity contribution in [2.45, 2.75) is 6.92 Å². The first-order chi connectivity index (χ1) is 18.1. The van der Waals surface area contributed by atoms with E-state index in [2.05, 4.69) is 29.2 Å². The Morgan fingerprint density at radius 3 is 1.54 bits per heavy atom. The number of para-hydroxylation sites is 1. The Morgan fingerprint density at radius 2 is 1.00 bits per heavy atom. The number of phenolic OH excluding ortho intramolecular Hbond substituents is 2. The van der Waals surface area contributed by atoms with E-state index in [-0.39, 0.29) is 5.75 Å². The molecule has 0 aliphatic rings. The summed E-state index contributed by atoms with van der Waals surface area (Å²) in [5.41, 5.74) is 7.54. The number of phenols is 2. The molecule has 0 amide bonds. The SMILES string of the molecule is Cc1ccc2cccc(O)c2n1.Oc1c(-c2ccccc2)cc(-c2ccccc2)cc1-c1ccccc1. The predicted octanol–water partition coefficient (Wildman–Crippen LogP) is 8.64. The van der Waals surface area contributed by atoms with Crippen molar-refractivity contribution >= 4 is 10.9 Å². The normalized spacial score (nSPS) is 10.5. The number of aromatic hydroxyl groups is 2. The molecule has 0 fully saturated rings. The first-order valence-corrected chi connectivity index (χ1v) is 12.2. The standard InChI is InChI=1S/C24H18O.C10H9NO/c25-24-22(19-12-6-2-7-13-19)16-21(18-10-4-1-5-11-18)17-23(24)20-14-8-3-9-15-20;1-7-5-6-8-3-2-4-9(12)10(8)11-7/h1-17,25H;2-6,12H,1H3. The number of aromatic nitrogens is 1. The zero-order valence-corrected chi connectivity index (χ0v) is 20.5. The van der Waals surface area contributed by atoms with Crippen LogP contribution >= 0.6 is 0 Å². The second-order valence-electron chi connectivity index (χ2n) is 8.82. The smallest absolute Gasteiger partial charge is 0.141 e. The van der Waals surface area contributed by atoms with Gasteiger partial charge in [0.15, 0.2) is 0 Å². The summed E-state index contributed by atoms with van der Waals surface area (Å²) in [5.74, 6) is 0.563. The molecule has 180 valence electrons. The molecule has 0 radical (unpaired) electrons. The summed E-state index contributed by atoms with van der Waals surface area (Å²) in [6, 6.07) is 43.7. The van der Waals surface area contributed by atoms with Gasteiger partial charge < -0.3 is 10.2 Å². The van der Waals surface area contributed by atoms with Gasteiger partial charge in [0, 0.05) is 22.2 Å². The van der Waals surface area contributed by atoms with E-state index in [0.717, 1.165) is 44.5 Å². The number of rotatable bonds is 3. The molecule has 0 atom stereocenters. The van der Waals surface area contributed by atoms with Crippen LogP contribution in [0.4, 0.5) is 0 Å². The van der Waals surface area contributed by atoms with Gasteiger partial charge in [0.1, 0.15) is 17.0 Å². The van der Waals surface area contributed by atoms with Crippen molar-refractivity contribution < 1.29 is 10.2 Å². The molecular weight excluding hydrogens is 454 g/mol. The molecule has 0 saturated carbocycles. The molecule has 0 unspecified atom stereocenters. The molecular formula is C34H27NO2. The van der Waals surface area contributed by atoms with E-state index in [1.807, 2.05) is 110 Å². The fraction of sp³-hybridized carbons (Fsp3) is 0.0294. The lowest BCUT2D eigenvalue weighted by molar-refractivity contribution is 0.479. The van der Waals surface area contributed by atoms with Crippen molar-refractivity contribution in [2.75, 3.05) is 0 Å². The number of hydrogen-bond donors (Lipinski definition) is 2. The summed E-state index contributed by atoms with van der Waals surface area (Å²) in [5, 5.41) is 21.4. The molecule has 0 aliphatic carbocycles. The lowest BCUT2D eigenvalue weighted by Gasteiger charge is -2.14. The second kappa shape index (κ2) is 10.8. The fourth-order valence-electron chi connectivity index (χ4n) is 4.34. The molecule has 2 N–H and O–H groups in total. The van der Waals surface area contributed by atoms with Gasteiger partial charge in [0.25, 0.3) is 0 Å². The average Bonchev–Trinajstić information content (AvgIpc) is 2.95. The molecule has 6 rings (SSSR count). The van der Waals surface area contributed by atoms with Crippen molar-refractivity contribution in [1.29, 1.82) is 0 Å². The van der Waals surface area contributed by atoms with E-state index in [1.54, 1.807) is 6.07 Å². The summed E-state index contributed by atoms with van der Waals surface area (Å²) in [7, 11) is 0. The third-order valence-corrected chi connectivity index (χ3v) is 6.22. The summed E-state index contributed by atoms with van der Waals surface area (Å²) in [4.78, 5) is 4.23. The molecule has 1 aromatic heterocycles. The minimum Gasteiger partial charge on any atom is -0.507 e. The Bertz CT molecular complexity index is 1570. The van der Waals surface area contributed by atoms with Crippen molar-refractivity contribution in [3.63, 3.8) is 0 Å². The molecule has 3 nitrogen and oxygen atoms in total. The van der Waals surface area contributed by atoms with Crippen LogP contribution in [0.5, 0.6) is 11.5 Å². The van der Waals surface area contributed by atoms with Gasteiger partial charge in [-0.3, -0.25) is 0 Å². The average molecular weight is 482 g/mol. The first kappa shape index (κ1) is 23.8. The number of hydrogen-bond acceptors (Lipinski definition) is 3. The molecule has 3 heteroatoms. The topological polar surface area (TPSA) is 53.4 Å². The Hall–Kier alpha value is -4.89. The van der Waals surface area contributed by atoms with Gasteiger partial charge in [0.05, 0.1) is 0 Å². The highest BCUT2D eigenvalue weighted by Crippen LogP contribution is 2.41. The van der Waals surface area contributed by atoms with Crippen LogP contribution in [-0.4, -0.2) is 15.2 Å². The maximum Gasteiger partial charge on any atom is 0.141 e. The molecule has 6 aromatic rings. The van der Waals surface area contributed by atoms with Crippen molar-refractivity contribution in [2.24, 2.45) is 0 Å². The van der Waals surface area contributed by atoms with Crippen molar-refractivity contribution in [3.05, 3.63) is 139 Å². The Morgan fingerprint density at radius 1 is 0.486 bits per heavy atom. The molecule has 1 heterocycles. The number of benzene rings is 5. The predicted molar refractivity (Wildman–Crippen MR) is 153 cm³/mol. The maximum atomic E-state index is 11.0. The summed E-state index contributed by atoms with van der Waals surface area (Å²) < 4.78 is 0. The summed E-state index contributed by atoms with van der Waals surface area (Å²) >= 11 is 0. The first-order valence-electron chi connectivity index (χ1n) is 12.2. The molecule has 5 aromatic carbocycles. The molecule has 0 spiro atoms. The largest absolute Gasteiger partial charge is 0.507 e. The number of nitrogens with zero attached hydrogens (tertiary/aromatic N) is 1. The third kappa shape index (κ3) is 5.36. The van der Waals surface area contributed by atoms with Crippen LogP contribution in [0, 0.1) is 6.92 Å². The second-order valence-corrected chi connectivity index (χ2v) is 8.82. The number of aryl methyl sites for hydroxylation is 1. The van der Waals surface area contributed by atoms with Gasteiger partial charge >= 0.3 is 0 Å². The molecule has 37 heavy (non-hydrogen) atoms. The minimum absolute atomic E-state index is 0.246. The highest BCUT2D eigenvalue weighted by molar-refractivity contribution is 5.87. The van der Waals surface area contributed by atoms with E-state index >= 15 is 0 Å². The van der Waals surface area contributed by atoms with Crippen LogP contribution in [0.3, 0.4) is 0 Å². The van der Waals surface area contributed by atoms with Crippen LogP contribution in [0.15, 0.2) is 133 Å². The molecule has 0 saturated heterocycles. The van der Waals surface area contributed by atoms with E-state index < -0.39 is 0 Å². The van der Waals surface area contributed by atoms with Gasteiger partial charge in [-0.15, -0.1) is 0 Å². The number of pyridine rings is 1. The third-order valence-electron chi connectivity index (χ3n) is 6.22. The van der Waals surface area contributed by atoms with Crippen LogP contribution in [0.1, 0.15) is 5.69 Å². The zero-order chi connectivity index (χ0) is 25.6.